The number of anilines is 1. The standard InChI is InChI=1S/C15H21N3O4/c1-11-13(5-2-6-14(11)18(21)22)16-15(20)7-9-17-8-3-4-12(17)10-19/h2,5-6,12,19H,3-4,7-10H2,1H3,(H,16,20). The van der Waals surface area contributed by atoms with Gasteiger partial charge in [0.1, 0.15) is 0 Å². The maximum atomic E-state index is 12.0. The molecule has 2 rings (SSSR count). The van der Waals surface area contributed by atoms with E-state index in [1.165, 1.54) is 6.07 Å². The number of aliphatic hydroxyl groups excluding tert-OH is 1. The lowest BCUT2D eigenvalue weighted by Gasteiger charge is -2.22. The average Bonchev–Trinajstić information content (AvgIpc) is 2.94. The molecule has 1 fully saturated rings. The first kappa shape index (κ1) is 16.4. The van der Waals surface area contributed by atoms with Crippen LogP contribution >= 0.6 is 0 Å². The zero-order valence-corrected chi connectivity index (χ0v) is 12.6. The van der Waals surface area contributed by atoms with Gasteiger partial charge in [-0.2, -0.15) is 0 Å². The molecule has 120 valence electrons. The molecule has 1 aromatic rings. The fraction of sp³-hybridized carbons (Fsp3) is 0.533. The molecular weight excluding hydrogens is 286 g/mol. The summed E-state index contributed by atoms with van der Waals surface area (Å²) in [5.74, 6) is -0.174. The number of aliphatic hydroxyl groups is 1. The Bertz CT molecular complexity index is 562. The van der Waals surface area contributed by atoms with Crippen molar-refractivity contribution in [2.45, 2.75) is 32.2 Å². The van der Waals surface area contributed by atoms with Crippen molar-refractivity contribution in [3.63, 3.8) is 0 Å². The largest absolute Gasteiger partial charge is 0.395 e. The molecule has 2 N–H and O–H groups in total. The van der Waals surface area contributed by atoms with Crippen LogP contribution in [0.25, 0.3) is 0 Å². The summed E-state index contributed by atoms with van der Waals surface area (Å²) in [7, 11) is 0. The van der Waals surface area contributed by atoms with Gasteiger partial charge < -0.3 is 10.4 Å². The summed E-state index contributed by atoms with van der Waals surface area (Å²) >= 11 is 0. The number of nitro groups is 1. The molecule has 1 unspecified atom stereocenters. The maximum absolute atomic E-state index is 12.0. The Kier molecular flexibility index (Phi) is 5.46. The van der Waals surface area contributed by atoms with Crippen molar-refractivity contribution >= 4 is 17.3 Å². The van der Waals surface area contributed by atoms with E-state index in [1.54, 1.807) is 19.1 Å². The van der Waals surface area contributed by atoms with E-state index in [9.17, 15) is 20.0 Å². The van der Waals surface area contributed by atoms with Gasteiger partial charge in [0.05, 0.1) is 22.8 Å². The van der Waals surface area contributed by atoms with E-state index >= 15 is 0 Å². The maximum Gasteiger partial charge on any atom is 0.274 e. The molecular formula is C15H21N3O4. The smallest absolute Gasteiger partial charge is 0.274 e. The van der Waals surface area contributed by atoms with Crippen LogP contribution in [0.5, 0.6) is 0 Å². The molecule has 1 amide bonds. The monoisotopic (exact) mass is 307 g/mol. The molecule has 0 aromatic heterocycles. The van der Waals surface area contributed by atoms with Crippen molar-refractivity contribution in [1.82, 2.24) is 4.90 Å². The second kappa shape index (κ2) is 7.33. The molecule has 0 spiro atoms. The Morgan fingerprint density at radius 2 is 2.32 bits per heavy atom. The highest BCUT2D eigenvalue weighted by Gasteiger charge is 2.24. The predicted octanol–water partition coefficient (Wildman–Crippen LogP) is 1.69. The second-order valence-electron chi connectivity index (χ2n) is 5.52. The molecule has 0 saturated carbocycles. The zero-order valence-electron chi connectivity index (χ0n) is 12.6. The van der Waals surface area contributed by atoms with Gasteiger partial charge in [0.2, 0.25) is 5.91 Å². The SMILES string of the molecule is Cc1c(NC(=O)CCN2CCCC2CO)cccc1[N+](=O)[O-]. The average molecular weight is 307 g/mol. The van der Waals surface area contributed by atoms with E-state index in [0.29, 0.717) is 24.2 Å². The number of carbonyl (C=O) groups excluding carboxylic acids is 1. The molecule has 1 aromatic carbocycles. The van der Waals surface area contributed by atoms with Gasteiger partial charge in [-0.3, -0.25) is 19.8 Å². The Balaban J connectivity index is 1.92. The third kappa shape index (κ3) is 3.80. The van der Waals surface area contributed by atoms with E-state index < -0.39 is 4.92 Å². The predicted molar refractivity (Wildman–Crippen MR) is 82.8 cm³/mol. The number of nitro benzene ring substituents is 1. The molecule has 1 saturated heterocycles. The minimum Gasteiger partial charge on any atom is -0.395 e. The highest BCUT2D eigenvalue weighted by Crippen LogP contribution is 2.25. The number of hydrogen-bond acceptors (Lipinski definition) is 5. The molecule has 7 heteroatoms. The highest BCUT2D eigenvalue weighted by molar-refractivity contribution is 5.92. The van der Waals surface area contributed by atoms with Crippen molar-refractivity contribution in [3.05, 3.63) is 33.9 Å². The Labute approximate surface area is 129 Å². The van der Waals surface area contributed by atoms with Gasteiger partial charge in [0.15, 0.2) is 0 Å². The van der Waals surface area contributed by atoms with Gasteiger partial charge in [-0.25, -0.2) is 0 Å². The Morgan fingerprint density at radius 1 is 1.55 bits per heavy atom. The number of amides is 1. The van der Waals surface area contributed by atoms with Gasteiger partial charge in [0.25, 0.3) is 5.69 Å². The fourth-order valence-electron chi connectivity index (χ4n) is 2.81. The van der Waals surface area contributed by atoms with Crippen LogP contribution in [-0.4, -0.2) is 46.6 Å². The lowest BCUT2D eigenvalue weighted by Crippen LogP contribution is -2.34. The van der Waals surface area contributed by atoms with Crippen molar-refractivity contribution < 1.29 is 14.8 Å². The number of carbonyl (C=O) groups is 1. The van der Waals surface area contributed by atoms with E-state index in [4.69, 9.17) is 0 Å². The first-order chi connectivity index (χ1) is 10.5. The number of likely N-dealkylation sites (tertiary alicyclic amines) is 1. The molecule has 22 heavy (non-hydrogen) atoms. The number of nitrogens with one attached hydrogen (secondary N) is 1. The quantitative estimate of drug-likeness (QED) is 0.616. The normalized spacial score (nSPS) is 18.4. The lowest BCUT2D eigenvalue weighted by atomic mass is 10.1. The highest BCUT2D eigenvalue weighted by atomic mass is 16.6. The molecule has 1 aliphatic rings. The van der Waals surface area contributed by atoms with Crippen LogP contribution in [0.3, 0.4) is 0 Å². The van der Waals surface area contributed by atoms with Crippen LogP contribution in [0.2, 0.25) is 0 Å². The van der Waals surface area contributed by atoms with Gasteiger partial charge in [-0.15, -0.1) is 0 Å². The van der Waals surface area contributed by atoms with Crippen LogP contribution in [0.15, 0.2) is 18.2 Å². The van der Waals surface area contributed by atoms with Gasteiger partial charge in [0, 0.05) is 25.1 Å². The minimum absolute atomic E-state index is 0.00214. The van der Waals surface area contributed by atoms with Crippen LogP contribution in [0.1, 0.15) is 24.8 Å². The molecule has 0 aliphatic carbocycles. The second-order valence-corrected chi connectivity index (χ2v) is 5.52. The van der Waals surface area contributed by atoms with Gasteiger partial charge in [-0.05, 0) is 32.4 Å². The Morgan fingerprint density at radius 3 is 3.00 bits per heavy atom. The summed E-state index contributed by atoms with van der Waals surface area (Å²) in [5, 5.41) is 22.9. The van der Waals surface area contributed by atoms with Crippen molar-refractivity contribution in [2.75, 3.05) is 25.0 Å². The van der Waals surface area contributed by atoms with Crippen LogP contribution in [0, 0.1) is 17.0 Å². The first-order valence-electron chi connectivity index (χ1n) is 7.41. The zero-order chi connectivity index (χ0) is 16.1. The third-order valence-electron chi connectivity index (χ3n) is 4.11. The first-order valence-corrected chi connectivity index (χ1v) is 7.41. The topological polar surface area (TPSA) is 95.7 Å². The summed E-state index contributed by atoms with van der Waals surface area (Å²) in [6, 6.07) is 4.78. The summed E-state index contributed by atoms with van der Waals surface area (Å²) in [4.78, 5) is 24.6. The fourth-order valence-corrected chi connectivity index (χ4v) is 2.81. The minimum atomic E-state index is -0.457. The van der Waals surface area contributed by atoms with Crippen molar-refractivity contribution in [2.24, 2.45) is 0 Å². The van der Waals surface area contributed by atoms with Crippen molar-refractivity contribution in [1.29, 1.82) is 0 Å². The summed E-state index contributed by atoms with van der Waals surface area (Å²) in [5.41, 5.74) is 0.923. The summed E-state index contributed by atoms with van der Waals surface area (Å²) < 4.78 is 0. The molecule has 7 nitrogen and oxygen atoms in total. The number of nitrogens with zero attached hydrogens (tertiary/aromatic N) is 2. The molecule has 1 atom stereocenters. The van der Waals surface area contributed by atoms with Crippen LogP contribution in [-0.2, 0) is 4.79 Å². The van der Waals surface area contributed by atoms with E-state index in [1.807, 2.05) is 0 Å². The van der Waals surface area contributed by atoms with Gasteiger partial charge in [-0.1, -0.05) is 6.07 Å². The van der Waals surface area contributed by atoms with E-state index in [0.717, 1.165) is 19.4 Å². The molecule has 0 bridgehead atoms. The number of benzene rings is 1. The van der Waals surface area contributed by atoms with E-state index in [-0.39, 0.29) is 24.2 Å². The number of hydrogen-bond donors (Lipinski definition) is 2. The van der Waals surface area contributed by atoms with Crippen LogP contribution < -0.4 is 5.32 Å². The number of rotatable bonds is 6. The molecule has 0 radical (unpaired) electrons. The van der Waals surface area contributed by atoms with E-state index in [2.05, 4.69) is 10.2 Å². The van der Waals surface area contributed by atoms with Crippen LogP contribution in [0.4, 0.5) is 11.4 Å². The van der Waals surface area contributed by atoms with Gasteiger partial charge >= 0.3 is 0 Å². The summed E-state index contributed by atoms with van der Waals surface area (Å²) in [6.45, 7) is 3.22. The Hall–Kier alpha value is -1.99. The lowest BCUT2D eigenvalue weighted by molar-refractivity contribution is -0.385. The van der Waals surface area contributed by atoms with Crippen molar-refractivity contribution in [3.8, 4) is 0 Å². The third-order valence-corrected chi connectivity index (χ3v) is 4.11. The molecule has 1 heterocycles. The summed E-state index contributed by atoms with van der Waals surface area (Å²) in [6.07, 6.45) is 2.30. The molecule has 1 aliphatic heterocycles.